The molecule has 328 valence electrons. The smallest absolute Gasteiger partial charge is 0.272 e. The summed E-state index contributed by atoms with van der Waals surface area (Å²) in [4.78, 5) is 39.8. The van der Waals surface area contributed by atoms with E-state index in [9.17, 15) is 14.4 Å². The normalized spacial score (nSPS) is 14.8. The van der Waals surface area contributed by atoms with E-state index in [1.54, 1.807) is 27.4 Å². The molecular formula is C48H60N8O6. The molecule has 3 aromatic heterocycles. The maximum atomic E-state index is 12.5. The van der Waals surface area contributed by atoms with E-state index in [0.717, 1.165) is 79.4 Å². The van der Waals surface area contributed by atoms with Crippen molar-refractivity contribution in [3.8, 4) is 17.2 Å². The van der Waals surface area contributed by atoms with E-state index in [1.165, 1.54) is 12.8 Å². The number of para-hydroxylation sites is 3. The Morgan fingerprint density at radius 1 is 0.532 bits per heavy atom. The first-order chi connectivity index (χ1) is 28.9. The number of rotatable bonds is 11. The van der Waals surface area contributed by atoms with Gasteiger partial charge in [0.15, 0.2) is 5.78 Å². The average molecular weight is 845 g/mol. The third-order valence-electron chi connectivity index (χ3n) is 10.4. The van der Waals surface area contributed by atoms with E-state index in [1.807, 2.05) is 113 Å². The molecule has 0 atom stereocenters. The summed E-state index contributed by atoms with van der Waals surface area (Å²) in [6, 6.07) is 34.4. The quantitative estimate of drug-likeness (QED) is 0.126. The lowest BCUT2D eigenvalue weighted by Crippen LogP contribution is -2.41. The summed E-state index contributed by atoms with van der Waals surface area (Å²) in [5.41, 5.74) is 4.44. The highest BCUT2D eigenvalue weighted by Gasteiger charge is 2.32. The average Bonchev–Trinajstić information content (AvgIpc) is 3.61. The maximum absolute atomic E-state index is 12.5. The van der Waals surface area contributed by atoms with Crippen molar-refractivity contribution in [2.75, 3.05) is 26.7 Å². The van der Waals surface area contributed by atoms with Crippen LogP contribution >= 0.6 is 0 Å². The molecule has 0 unspecified atom stereocenters. The molecule has 3 aromatic carbocycles. The van der Waals surface area contributed by atoms with Crippen LogP contribution in [0, 0.1) is 5.92 Å². The van der Waals surface area contributed by atoms with Crippen LogP contribution < -0.4 is 14.2 Å². The molecule has 0 spiro atoms. The third kappa shape index (κ3) is 11.8. The standard InChI is InChI=1S/C17H19N3O2.C14H15N3O2.C14H14N2O2.3CH4/c21-17-16-10-14(12-22-15-4-2-1-3-5-15)18-20(16)9-8-19(17)11-13-6-7-13;1-16-7-8-17-13(14(16)18)9-11(15-17)10-19-12-5-3-2-4-6-12;17-14-7-4-8-16-13(14)9-11(15-16)10-18-12-5-2-1-3-6-12;;;/h1-5,10,13H,6-9,11-12H2;2-6,9H,7-8,10H2,1H3;1-3,5-6,9H,4,7-8,10H2;3*1H4. The fraction of sp³-hybridized carbons (Fsp3) is 0.375. The number of ether oxygens (including phenoxy) is 3. The molecule has 10 rings (SSSR count). The van der Waals surface area contributed by atoms with Gasteiger partial charge in [0.25, 0.3) is 11.8 Å². The summed E-state index contributed by atoms with van der Waals surface area (Å²) in [5, 5.41) is 13.3. The summed E-state index contributed by atoms with van der Waals surface area (Å²) in [6.07, 6.45) is 4.04. The van der Waals surface area contributed by atoms with Gasteiger partial charge in [-0.2, -0.15) is 15.3 Å². The number of aromatic nitrogens is 6. The number of likely N-dealkylation sites (N-methyl/N-ethyl adjacent to an activating group) is 1. The van der Waals surface area contributed by atoms with Gasteiger partial charge in [-0.1, -0.05) is 76.9 Å². The van der Waals surface area contributed by atoms with Crippen LogP contribution in [-0.2, 0) is 39.5 Å². The highest BCUT2D eigenvalue weighted by molar-refractivity contribution is 5.95. The van der Waals surface area contributed by atoms with Gasteiger partial charge in [0.1, 0.15) is 71.2 Å². The molecule has 2 amide bonds. The van der Waals surface area contributed by atoms with E-state index in [0.29, 0.717) is 49.9 Å². The predicted molar refractivity (Wildman–Crippen MR) is 238 cm³/mol. The molecular weight excluding hydrogens is 785 g/mol. The Morgan fingerprint density at radius 3 is 1.40 bits per heavy atom. The van der Waals surface area contributed by atoms with Gasteiger partial charge in [0.2, 0.25) is 0 Å². The largest absolute Gasteiger partial charge is 0.487 e. The lowest BCUT2D eigenvalue weighted by Gasteiger charge is -2.27. The van der Waals surface area contributed by atoms with Crippen molar-refractivity contribution in [2.45, 2.75) is 87.4 Å². The van der Waals surface area contributed by atoms with Crippen LogP contribution in [0.25, 0.3) is 0 Å². The van der Waals surface area contributed by atoms with Crippen molar-refractivity contribution < 1.29 is 28.6 Å². The molecule has 62 heavy (non-hydrogen) atoms. The molecule has 0 radical (unpaired) electrons. The number of benzene rings is 3. The number of nitrogens with zero attached hydrogens (tertiary/aromatic N) is 8. The number of fused-ring (bicyclic) bond motifs is 3. The molecule has 1 fully saturated rings. The second-order valence-electron chi connectivity index (χ2n) is 15.0. The zero-order valence-corrected chi connectivity index (χ0v) is 33.2. The summed E-state index contributed by atoms with van der Waals surface area (Å²) in [7, 11) is 1.80. The molecule has 0 bridgehead atoms. The van der Waals surface area contributed by atoms with Crippen LogP contribution in [-0.4, -0.2) is 83.4 Å². The van der Waals surface area contributed by atoms with Gasteiger partial charge in [0, 0.05) is 39.6 Å². The fourth-order valence-corrected chi connectivity index (χ4v) is 7.05. The highest BCUT2D eigenvalue weighted by atomic mass is 16.5. The Kier molecular flexibility index (Phi) is 16.2. The maximum Gasteiger partial charge on any atom is 0.272 e. The monoisotopic (exact) mass is 844 g/mol. The zero-order valence-electron chi connectivity index (χ0n) is 33.2. The van der Waals surface area contributed by atoms with Gasteiger partial charge >= 0.3 is 0 Å². The SMILES string of the molecule is C.C.C.CN1CCn2nc(COc3ccccc3)cc2C1=O.O=C1CCCn2nc(COc3ccccc3)cc21.O=C1c2cc(COc3ccccc3)nn2CCN1CC1CC1. The number of carbonyl (C=O) groups is 3. The first kappa shape index (κ1) is 46.4. The number of ketones is 1. The molecule has 6 aromatic rings. The Hall–Kier alpha value is -6.70. The molecule has 6 heterocycles. The minimum absolute atomic E-state index is 0. The Labute approximate surface area is 365 Å². The number of aryl methyl sites for hydroxylation is 1. The topological polar surface area (TPSA) is 139 Å². The van der Waals surface area contributed by atoms with Crippen LogP contribution in [0.3, 0.4) is 0 Å². The minimum atomic E-state index is 0. The van der Waals surface area contributed by atoms with Crippen molar-refractivity contribution in [2.24, 2.45) is 5.92 Å². The molecule has 3 aliphatic heterocycles. The number of amides is 2. The Bertz CT molecular complexity index is 2350. The van der Waals surface area contributed by atoms with Crippen LogP contribution in [0.15, 0.2) is 109 Å². The summed E-state index contributed by atoms with van der Waals surface area (Å²) in [6.45, 7) is 5.88. The van der Waals surface area contributed by atoms with Gasteiger partial charge in [-0.3, -0.25) is 28.4 Å². The molecule has 1 aliphatic carbocycles. The van der Waals surface area contributed by atoms with Gasteiger partial charge in [-0.25, -0.2) is 0 Å². The lowest BCUT2D eigenvalue weighted by molar-refractivity contribution is 0.0687. The first-order valence-electron chi connectivity index (χ1n) is 20.2. The second-order valence-corrected chi connectivity index (χ2v) is 15.0. The van der Waals surface area contributed by atoms with Crippen LogP contribution in [0.4, 0.5) is 0 Å². The van der Waals surface area contributed by atoms with Gasteiger partial charge in [-0.05, 0) is 79.8 Å². The van der Waals surface area contributed by atoms with E-state index in [-0.39, 0.29) is 39.9 Å². The number of hydrogen-bond donors (Lipinski definition) is 0. The van der Waals surface area contributed by atoms with Gasteiger partial charge in [0.05, 0.1) is 13.1 Å². The van der Waals surface area contributed by atoms with Crippen molar-refractivity contribution in [1.82, 2.24) is 39.1 Å². The van der Waals surface area contributed by atoms with Crippen molar-refractivity contribution in [3.05, 3.63) is 143 Å². The Balaban J connectivity index is 0.000000172. The lowest BCUT2D eigenvalue weighted by atomic mass is 10.1. The fourth-order valence-electron chi connectivity index (χ4n) is 7.05. The molecule has 1 saturated carbocycles. The molecule has 4 aliphatic rings. The predicted octanol–water partition coefficient (Wildman–Crippen LogP) is 8.22. The first-order valence-corrected chi connectivity index (χ1v) is 20.2. The van der Waals surface area contributed by atoms with Gasteiger partial charge in [-0.15, -0.1) is 0 Å². The molecule has 0 N–H and O–H groups in total. The van der Waals surface area contributed by atoms with Crippen molar-refractivity contribution in [3.63, 3.8) is 0 Å². The van der Waals surface area contributed by atoms with E-state index < -0.39 is 0 Å². The van der Waals surface area contributed by atoms with Crippen LogP contribution in [0.1, 0.15) is 96.5 Å². The third-order valence-corrected chi connectivity index (χ3v) is 10.4. The zero-order chi connectivity index (χ0) is 40.6. The second kappa shape index (κ2) is 21.7. The van der Waals surface area contributed by atoms with Crippen molar-refractivity contribution in [1.29, 1.82) is 0 Å². The minimum Gasteiger partial charge on any atom is -0.487 e. The summed E-state index contributed by atoms with van der Waals surface area (Å²) in [5.74, 6) is 3.46. The number of Topliss-reactive ketones (excluding diaryl/α,β-unsaturated/α-hetero) is 1. The van der Waals surface area contributed by atoms with Crippen molar-refractivity contribution >= 4 is 17.6 Å². The molecule has 14 heteroatoms. The van der Waals surface area contributed by atoms with E-state index >= 15 is 0 Å². The highest BCUT2D eigenvalue weighted by Crippen LogP contribution is 2.31. The van der Waals surface area contributed by atoms with E-state index in [4.69, 9.17) is 14.2 Å². The van der Waals surface area contributed by atoms with Gasteiger partial charge < -0.3 is 24.0 Å². The molecule has 14 nitrogen and oxygen atoms in total. The van der Waals surface area contributed by atoms with Crippen LogP contribution in [0.2, 0.25) is 0 Å². The van der Waals surface area contributed by atoms with Crippen LogP contribution in [0.5, 0.6) is 17.2 Å². The number of carbonyl (C=O) groups excluding carboxylic acids is 3. The van der Waals surface area contributed by atoms with E-state index in [2.05, 4.69) is 15.3 Å². The summed E-state index contributed by atoms with van der Waals surface area (Å²) >= 11 is 0. The summed E-state index contributed by atoms with van der Waals surface area (Å²) < 4.78 is 22.3. The number of hydrogen-bond acceptors (Lipinski definition) is 9. The Morgan fingerprint density at radius 2 is 0.952 bits per heavy atom. The molecule has 0 saturated heterocycles.